The molecule has 1 aromatic carbocycles. The molecule has 0 saturated heterocycles. The summed E-state index contributed by atoms with van der Waals surface area (Å²) < 4.78 is 40.5. The number of halogens is 2. The van der Waals surface area contributed by atoms with Crippen molar-refractivity contribution in [1.82, 2.24) is 5.32 Å². The Kier molecular flexibility index (Phi) is 6.04. The van der Waals surface area contributed by atoms with E-state index in [0.717, 1.165) is 0 Å². The van der Waals surface area contributed by atoms with Crippen LogP contribution in [-0.2, 0) is 9.84 Å². The number of hydrogen-bond donors (Lipinski definition) is 1. The van der Waals surface area contributed by atoms with Crippen molar-refractivity contribution in [3.63, 3.8) is 0 Å². The van der Waals surface area contributed by atoms with Crippen LogP contribution in [0.15, 0.2) is 22.7 Å². The number of hydrogen-bond acceptors (Lipinski definition) is 4. The van der Waals surface area contributed by atoms with Gasteiger partial charge in [-0.15, -0.1) is 0 Å². The van der Waals surface area contributed by atoms with E-state index in [1.54, 1.807) is 12.1 Å². The predicted octanol–water partition coefficient (Wildman–Crippen LogP) is 1.60. The van der Waals surface area contributed by atoms with E-state index in [2.05, 4.69) is 21.2 Å². The van der Waals surface area contributed by atoms with Gasteiger partial charge in [-0.1, -0.05) is 0 Å². The summed E-state index contributed by atoms with van der Waals surface area (Å²) in [7, 11) is -2.93. The quantitative estimate of drug-likeness (QED) is 0.766. The number of rotatable bonds is 7. The van der Waals surface area contributed by atoms with Gasteiger partial charge in [-0.05, 0) is 28.1 Å². The molecule has 1 rings (SSSR count). The SMILES string of the molecule is CS(=O)(=O)CCNCCOc1ccc(Br)c(F)c1. The third-order valence-electron chi connectivity index (χ3n) is 2.09. The highest BCUT2D eigenvalue weighted by Gasteiger charge is 2.02. The van der Waals surface area contributed by atoms with Gasteiger partial charge in [0.05, 0.1) is 10.2 Å². The molecule has 0 atom stereocenters. The van der Waals surface area contributed by atoms with Crippen LogP contribution >= 0.6 is 15.9 Å². The molecule has 0 amide bonds. The van der Waals surface area contributed by atoms with E-state index < -0.39 is 9.84 Å². The minimum atomic E-state index is -2.93. The fraction of sp³-hybridized carbons (Fsp3) is 0.455. The monoisotopic (exact) mass is 339 g/mol. The molecule has 18 heavy (non-hydrogen) atoms. The fourth-order valence-corrected chi connectivity index (χ4v) is 1.95. The van der Waals surface area contributed by atoms with E-state index in [9.17, 15) is 12.8 Å². The zero-order valence-corrected chi connectivity index (χ0v) is 12.4. The van der Waals surface area contributed by atoms with Gasteiger partial charge in [0.1, 0.15) is 28.0 Å². The van der Waals surface area contributed by atoms with Crippen molar-refractivity contribution < 1.29 is 17.5 Å². The second kappa shape index (κ2) is 7.06. The molecule has 0 heterocycles. The third-order valence-corrected chi connectivity index (χ3v) is 3.68. The smallest absolute Gasteiger partial charge is 0.148 e. The molecule has 0 fully saturated rings. The van der Waals surface area contributed by atoms with Crippen LogP contribution in [0.25, 0.3) is 0 Å². The Morgan fingerprint density at radius 3 is 2.72 bits per heavy atom. The first-order valence-electron chi connectivity index (χ1n) is 5.35. The highest BCUT2D eigenvalue weighted by Crippen LogP contribution is 2.20. The maximum atomic E-state index is 13.1. The minimum absolute atomic E-state index is 0.0971. The average Bonchev–Trinajstić information content (AvgIpc) is 2.26. The van der Waals surface area contributed by atoms with Crippen molar-refractivity contribution in [1.29, 1.82) is 0 Å². The zero-order valence-electron chi connectivity index (χ0n) is 9.95. The topological polar surface area (TPSA) is 55.4 Å². The van der Waals surface area contributed by atoms with Crippen LogP contribution in [0.2, 0.25) is 0 Å². The normalized spacial score (nSPS) is 11.5. The molecule has 0 aliphatic carbocycles. The van der Waals surface area contributed by atoms with Crippen LogP contribution in [0.1, 0.15) is 0 Å². The molecular formula is C11H15BrFNO3S. The Bertz CT molecular complexity index is 493. The van der Waals surface area contributed by atoms with Crippen LogP contribution in [-0.4, -0.2) is 40.1 Å². The van der Waals surface area contributed by atoms with Gasteiger partial charge in [0.15, 0.2) is 0 Å². The molecule has 1 N–H and O–H groups in total. The molecular weight excluding hydrogens is 325 g/mol. The van der Waals surface area contributed by atoms with Crippen molar-refractivity contribution in [2.75, 3.05) is 31.7 Å². The maximum Gasteiger partial charge on any atom is 0.148 e. The Hall–Kier alpha value is -0.660. The Labute approximate surface area is 115 Å². The van der Waals surface area contributed by atoms with Crippen molar-refractivity contribution in [2.45, 2.75) is 0 Å². The van der Waals surface area contributed by atoms with Crippen molar-refractivity contribution in [3.05, 3.63) is 28.5 Å². The highest BCUT2D eigenvalue weighted by atomic mass is 79.9. The predicted molar refractivity (Wildman–Crippen MR) is 72.2 cm³/mol. The Morgan fingerprint density at radius 2 is 2.11 bits per heavy atom. The van der Waals surface area contributed by atoms with E-state index >= 15 is 0 Å². The second-order valence-corrected chi connectivity index (χ2v) is 6.92. The van der Waals surface area contributed by atoms with E-state index in [1.165, 1.54) is 12.3 Å². The lowest BCUT2D eigenvalue weighted by Crippen LogP contribution is -2.26. The van der Waals surface area contributed by atoms with Gasteiger partial charge < -0.3 is 10.1 Å². The largest absolute Gasteiger partial charge is 0.492 e. The van der Waals surface area contributed by atoms with Gasteiger partial charge in [0, 0.05) is 25.4 Å². The van der Waals surface area contributed by atoms with Crippen LogP contribution in [0.3, 0.4) is 0 Å². The fourth-order valence-electron chi connectivity index (χ4n) is 1.19. The van der Waals surface area contributed by atoms with Crippen LogP contribution in [0.4, 0.5) is 4.39 Å². The summed E-state index contributed by atoms with van der Waals surface area (Å²) in [6.45, 7) is 1.24. The molecule has 0 saturated carbocycles. The summed E-state index contributed by atoms with van der Waals surface area (Å²) in [6, 6.07) is 4.52. The first-order valence-corrected chi connectivity index (χ1v) is 8.20. The molecule has 102 valence electrons. The molecule has 0 spiro atoms. The van der Waals surface area contributed by atoms with Gasteiger partial charge in [0.25, 0.3) is 0 Å². The average molecular weight is 340 g/mol. The standard InChI is InChI=1S/C11H15BrFNO3S/c1-18(15,16)7-5-14-4-6-17-9-2-3-10(12)11(13)8-9/h2-3,8,14H,4-7H2,1H3. The molecule has 0 aliphatic rings. The summed E-state index contributed by atoms with van der Waals surface area (Å²) >= 11 is 3.05. The number of sulfone groups is 1. The molecule has 0 aliphatic heterocycles. The first-order chi connectivity index (χ1) is 8.38. The summed E-state index contributed by atoms with van der Waals surface area (Å²) in [5, 5.41) is 2.93. The lowest BCUT2D eigenvalue weighted by Gasteiger charge is -2.07. The minimum Gasteiger partial charge on any atom is -0.492 e. The lowest BCUT2D eigenvalue weighted by molar-refractivity contribution is 0.313. The summed E-state index contributed by atoms with van der Waals surface area (Å²) in [5.74, 6) is 0.165. The number of ether oxygens (including phenoxy) is 1. The molecule has 4 nitrogen and oxygen atoms in total. The van der Waals surface area contributed by atoms with Crippen molar-refractivity contribution >= 4 is 25.8 Å². The summed E-state index contributed by atoms with van der Waals surface area (Å²) in [4.78, 5) is 0. The molecule has 0 radical (unpaired) electrons. The van der Waals surface area contributed by atoms with Crippen molar-refractivity contribution in [3.8, 4) is 5.75 Å². The Balaban J connectivity index is 2.20. The van der Waals surface area contributed by atoms with Gasteiger partial charge in [-0.25, -0.2) is 12.8 Å². The second-order valence-electron chi connectivity index (χ2n) is 3.80. The zero-order chi connectivity index (χ0) is 13.6. The van der Waals surface area contributed by atoms with E-state index in [4.69, 9.17) is 4.74 Å². The highest BCUT2D eigenvalue weighted by molar-refractivity contribution is 9.10. The first kappa shape index (κ1) is 15.4. The molecule has 0 bridgehead atoms. The Morgan fingerprint density at radius 1 is 1.39 bits per heavy atom. The molecule has 7 heteroatoms. The number of nitrogens with one attached hydrogen (secondary N) is 1. The molecule has 1 aromatic rings. The van der Waals surface area contributed by atoms with E-state index in [-0.39, 0.29) is 11.6 Å². The van der Waals surface area contributed by atoms with Crippen LogP contribution in [0, 0.1) is 5.82 Å². The van der Waals surface area contributed by atoms with Gasteiger partial charge in [-0.3, -0.25) is 0 Å². The summed E-state index contributed by atoms with van der Waals surface area (Å²) in [6.07, 6.45) is 1.19. The van der Waals surface area contributed by atoms with E-state index in [1.807, 2.05) is 0 Å². The number of benzene rings is 1. The van der Waals surface area contributed by atoms with Crippen molar-refractivity contribution in [2.24, 2.45) is 0 Å². The van der Waals surface area contributed by atoms with Crippen LogP contribution < -0.4 is 10.1 Å². The maximum absolute atomic E-state index is 13.1. The van der Waals surface area contributed by atoms with Gasteiger partial charge in [0.2, 0.25) is 0 Å². The molecule has 0 aromatic heterocycles. The van der Waals surface area contributed by atoms with E-state index in [0.29, 0.717) is 29.9 Å². The summed E-state index contributed by atoms with van der Waals surface area (Å²) in [5.41, 5.74) is 0. The van der Waals surface area contributed by atoms with Crippen LogP contribution in [0.5, 0.6) is 5.75 Å². The van der Waals surface area contributed by atoms with Gasteiger partial charge >= 0.3 is 0 Å². The molecule has 0 unspecified atom stereocenters. The third kappa shape index (κ3) is 6.32. The lowest BCUT2D eigenvalue weighted by atomic mass is 10.3. The van der Waals surface area contributed by atoms with Gasteiger partial charge in [-0.2, -0.15) is 0 Å².